The predicted molar refractivity (Wildman–Crippen MR) is 96.9 cm³/mol. The smallest absolute Gasteiger partial charge is 0.333 e. The Bertz CT molecular complexity index is 934. The molecule has 1 aromatic carbocycles. The maximum atomic E-state index is 12.6. The number of fused-ring (bicyclic) bond motifs is 1. The minimum Gasteiger partial charge on any atom is -0.477 e. The van der Waals surface area contributed by atoms with Crippen molar-refractivity contribution in [2.45, 2.75) is 44.6 Å². The van der Waals surface area contributed by atoms with E-state index in [-0.39, 0.29) is 16.7 Å². The second kappa shape index (κ2) is 6.99. The van der Waals surface area contributed by atoms with E-state index in [2.05, 4.69) is 10.4 Å². The van der Waals surface area contributed by atoms with Gasteiger partial charge in [0, 0.05) is 18.7 Å². The molecule has 2 amide bonds. The Kier molecular flexibility index (Phi) is 4.90. The Balaban J connectivity index is 1.81. The Hall–Kier alpha value is -2.55. The molecule has 0 spiro atoms. The van der Waals surface area contributed by atoms with Gasteiger partial charge in [0.2, 0.25) is 5.88 Å². The van der Waals surface area contributed by atoms with Crippen molar-refractivity contribution in [1.82, 2.24) is 14.5 Å². The van der Waals surface area contributed by atoms with Crippen LogP contribution in [-0.4, -0.2) is 30.8 Å². The number of anilines is 1. The molecule has 0 saturated heterocycles. The summed E-state index contributed by atoms with van der Waals surface area (Å²) in [5, 5.41) is 6.67. The Morgan fingerprint density at radius 2 is 2.12 bits per heavy atom. The van der Waals surface area contributed by atoms with Crippen LogP contribution in [0.2, 0.25) is 0 Å². The summed E-state index contributed by atoms with van der Waals surface area (Å²) in [6.07, 6.45) is 1.96. The van der Waals surface area contributed by atoms with Crippen LogP contribution in [0.3, 0.4) is 0 Å². The van der Waals surface area contributed by atoms with E-state index in [1.54, 1.807) is 0 Å². The van der Waals surface area contributed by atoms with Crippen LogP contribution in [0.4, 0.5) is 10.5 Å². The number of nitrogens with one attached hydrogen (secondary N) is 2. The lowest BCUT2D eigenvalue weighted by Crippen LogP contribution is -2.35. The van der Waals surface area contributed by atoms with Crippen LogP contribution in [0.25, 0.3) is 0 Å². The van der Waals surface area contributed by atoms with Crippen molar-refractivity contribution in [2.24, 2.45) is 0 Å². The van der Waals surface area contributed by atoms with E-state index in [0.717, 1.165) is 17.5 Å². The predicted octanol–water partition coefficient (Wildman–Crippen LogP) is 2.61. The van der Waals surface area contributed by atoms with E-state index in [4.69, 9.17) is 4.74 Å². The number of para-hydroxylation sites is 1. The van der Waals surface area contributed by atoms with Gasteiger partial charge in [-0.05, 0) is 24.0 Å². The number of hydrogen-bond acceptors (Lipinski definition) is 5. The van der Waals surface area contributed by atoms with Gasteiger partial charge >= 0.3 is 6.03 Å². The van der Waals surface area contributed by atoms with Crippen LogP contribution >= 0.6 is 0 Å². The van der Waals surface area contributed by atoms with E-state index in [0.29, 0.717) is 18.8 Å². The summed E-state index contributed by atoms with van der Waals surface area (Å²) in [4.78, 5) is 12.2. The molecule has 2 N–H and O–H groups in total. The minimum atomic E-state index is -4.09. The van der Waals surface area contributed by atoms with Gasteiger partial charge in [-0.2, -0.15) is 5.10 Å². The third-order valence-corrected chi connectivity index (χ3v) is 5.51. The summed E-state index contributed by atoms with van der Waals surface area (Å²) in [5.74, 6) is 0.341. The Morgan fingerprint density at radius 1 is 1.35 bits per heavy atom. The summed E-state index contributed by atoms with van der Waals surface area (Å²) in [5.41, 5.74) is 2.40. The standard InChI is InChI=1S/C17H22N4O4S/c1-11(2)13-7-4-6-12(3)15(13)19-17(22)20-26(23,24)14-10-18-21-8-5-9-25-16(14)21/h4,6-7,10-11H,5,8-9H2,1-3H3,(H2,19,20,22). The molecule has 0 fully saturated rings. The van der Waals surface area contributed by atoms with Crippen molar-refractivity contribution in [1.29, 1.82) is 0 Å². The summed E-state index contributed by atoms with van der Waals surface area (Å²) in [6, 6.07) is 4.85. The number of ether oxygens (including phenoxy) is 1. The van der Waals surface area contributed by atoms with Crippen LogP contribution < -0.4 is 14.8 Å². The zero-order valence-electron chi connectivity index (χ0n) is 14.9. The normalized spacial score (nSPS) is 13.8. The van der Waals surface area contributed by atoms with Crippen LogP contribution in [0, 0.1) is 6.92 Å². The first kappa shape index (κ1) is 18.2. The molecule has 1 aromatic heterocycles. The molecule has 140 valence electrons. The van der Waals surface area contributed by atoms with Crippen molar-refractivity contribution < 1.29 is 17.9 Å². The molecule has 0 atom stereocenters. The molecular weight excluding hydrogens is 356 g/mol. The Morgan fingerprint density at radius 3 is 2.85 bits per heavy atom. The van der Waals surface area contributed by atoms with E-state index >= 15 is 0 Å². The van der Waals surface area contributed by atoms with Gasteiger partial charge in [-0.3, -0.25) is 0 Å². The average Bonchev–Trinajstić information content (AvgIpc) is 3.01. The van der Waals surface area contributed by atoms with Crippen LogP contribution in [0.15, 0.2) is 29.3 Å². The highest BCUT2D eigenvalue weighted by atomic mass is 32.2. The van der Waals surface area contributed by atoms with Crippen molar-refractivity contribution >= 4 is 21.7 Å². The van der Waals surface area contributed by atoms with Crippen LogP contribution in [0.5, 0.6) is 5.88 Å². The molecule has 9 heteroatoms. The molecule has 0 radical (unpaired) electrons. The molecule has 1 aliphatic rings. The third-order valence-electron chi connectivity index (χ3n) is 4.19. The topological polar surface area (TPSA) is 102 Å². The Labute approximate surface area is 152 Å². The van der Waals surface area contributed by atoms with E-state index in [1.165, 1.54) is 10.9 Å². The van der Waals surface area contributed by atoms with Gasteiger partial charge in [0.15, 0.2) is 4.90 Å². The van der Waals surface area contributed by atoms with Crippen LogP contribution in [0.1, 0.15) is 37.3 Å². The molecule has 8 nitrogen and oxygen atoms in total. The highest BCUT2D eigenvalue weighted by molar-refractivity contribution is 7.90. The molecule has 2 heterocycles. The van der Waals surface area contributed by atoms with Crippen molar-refractivity contribution in [3.05, 3.63) is 35.5 Å². The summed E-state index contributed by atoms with van der Waals surface area (Å²) < 4.78 is 34.0. The number of carbonyl (C=O) groups excluding carboxylic acids is 1. The zero-order valence-corrected chi connectivity index (χ0v) is 15.8. The highest BCUT2D eigenvalue weighted by Crippen LogP contribution is 2.28. The van der Waals surface area contributed by atoms with Gasteiger partial charge < -0.3 is 10.1 Å². The quantitative estimate of drug-likeness (QED) is 0.851. The summed E-state index contributed by atoms with van der Waals surface area (Å²) in [6.45, 7) is 6.87. The van der Waals surface area contributed by atoms with E-state index in [9.17, 15) is 13.2 Å². The number of urea groups is 1. The number of aromatic nitrogens is 2. The van der Waals surface area contributed by atoms with Gasteiger partial charge in [-0.25, -0.2) is 22.6 Å². The van der Waals surface area contributed by atoms with Crippen molar-refractivity contribution in [3.8, 4) is 5.88 Å². The molecule has 1 aliphatic heterocycles. The molecule has 0 bridgehead atoms. The van der Waals surface area contributed by atoms with Gasteiger partial charge in [0.25, 0.3) is 10.0 Å². The van der Waals surface area contributed by atoms with Crippen LogP contribution in [-0.2, 0) is 16.6 Å². The fourth-order valence-electron chi connectivity index (χ4n) is 2.89. The van der Waals surface area contributed by atoms with Crippen molar-refractivity contribution in [2.75, 3.05) is 11.9 Å². The second-order valence-corrected chi connectivity index (χ2v) is 8.14. The zero-order chi connectivity index (χ0) is 18.9. The number of carbonyl (C=O) groups is 1. The minimum absolute atomic E-state index is 0.138. The van der Waals surface area contributed by atoms with Gasteiger partial charge in [0.05, 0.1) is 12.8 Å². The molecular formula is C17H22N4O4S. The number of hydrogen-bond donors (Lipinski definition) is 2. The summed E-state index contributed by atoms with van der Waals surface area (Å²) in [7, 11) is -4.09. The fraction of sp³-hybridized carbons (Fsp3) is 0.412. The maximum Gasteiger partial charge on any atom is 0.333 e. The van der Waals surface area contributed by atoms with Crippen molar-refractivity contribution in [3.63, 3.8) is 0 Å². The third kappa shape index (κ3) is 3.52. The first-order valence-electron chi connectivity index (χ1n) is 8.41. The molecule has 0 unspecified atom stereocenters. The molecule has 26 heavy (non-hydrogen) atoms. The monoisotopic (exact) mass is 378 g/mol. The maximum absolute atomic E-state index is 12.6. The first-order chi connectivity index (χ1) is 12.3. The number of benzene rings is 1. The molecule has 2 aromatic rings. The first-order valence-corrected chi connectivity index (χ1v) is 9.90. The fourth-order valence-corrected chi connectivity index (χ4v) is 3.87. The molecule has 3 rings (SSSR count). The SMILES string of the molecule is Cc1cccc(C(C)C)c1NC(=O)NS(=O)(=O)c1cnn2c1OCCC2. The molecule has 0 saturated carbocycles. The van der Waals surface area contributed by atoms with Gasteiger partial charge in [0.1, 0.15) is 0 Å². The number of amides is 2. The number of sulfonamides is 1. The number of nitrogens with zero attached hydrogens (tertiary/aromatic N) is 2. The average molecular weight is 378 g/mol. The largest absolute Gasteiger partial charge is 0.477 e. The number of rotatable bonds is 4. The second-order valence-electron chi connectivity index (χ2n) is 6.49. The summed E-state index contributed by atoms with van der Waals surface area (Å²) >= 11 is 0. The lowest BCUT2D eigenvalue weighted by molar-refractivity contribution is 0.224. The lowest BCUT2D eigenvalue weighted by Gasteiger charge is -2.18. The van der Waals surface area contributed by atoms with E-state index in [1.807, 2.05) is 43.7 Å². The molecule has 0 aliphatic carbocycles. The van der Waals surface area contributed by atoms with E-state index < -0.39 is 16.1 Å². The van der Waals surface area contributed by atoms with Gasteiger partial charge in [-0.15, -0.1) is 0 Å². The highest BCUT2D eigenvalue weighted by Gasteiger charge is 2.28. The van der Waals surface area contributed by atoms with Gasteiger partial charge in [-0.1, -0.05) is 32.0 Å². The lowest BCUT2D eigenvalue weighted by atomic mass is 9.98. The number of aryl methyl sites for hydroxylation is 2.